The number of rotatable bonds is 7. The predicted molar refractivity (Wildman–Crippen MR) is 76.8 cm³/mol. The van der Waals surface area contributed by atoms with Gasteiger partial charge in [0.25, 0.3) is 0 Å². The average Bonchev–Trinajstić information content (AvgIpc) is 2.38. The Hall–Kier alpha value is -1.03. The number of benzene rings is 1. The van der Waals surface area contributed by atoms with Crippen LogP contribution >= 0.6 is 0 Å². The minimum Gasteiger partial charge on any atom is -0.381 e. The summed E-state index contributed by atoms with van der Waals surface area (Å²) in [5.41, 5.74) is 0.736. The Balaban J connectivity index is 3.03. The summed E-state index contributed by atoms with van der Waals surface area (Å²) in [6, 6.07) is 7.51. The molecule has 1 N–H and O–H groups in total. The Morgan fingerprint density at radius 3 is 2.39 bits per heavy atom. The van der Waals surface area contributed by atoms with Crippen LogP contribution in [0.1, 0.15) is 40.0 Å². The molecular formula is C14H23NO2S. The molecule has 1 atom stereocenters. The van der Waals surface area contributed by atoms with Crippen LogP contribution in [0.3, 0.4) is 0 Å². The molecule has 4 heteroatoms. The van der Waals surface area contributed by atoms with Gasteiger partial charge in [-0.05, 0) is 25.0 Å². The zero-order chi connectivity index (χ0) is 13.6. The van der Waals surface area contributed by atoms with Gasteiger partial charge in [-0.1, -0.05) is 39.3 Å². The van der Waals surface area contributed by atoms with Gasteiger partial charge in [-0.25, -0.2) is 8.42 Å². The molecule has 3 nitrogen and oxygen atoms in total. The van der Waals surface area contributed by atoms with Crippen molar-refractivity contribution in [3.8, 4) is 0 Å². The van der Waals surface area contributed by atoms with Crippen molar-refractivity contribution in [3.05, 3.63) is 24.3 Å². The highest BCUT2D eigenvalue weighted by molar-refractivity contribution is 7.91. The summed E-state index contributed by atoms with van der Waals surface area (Å²) in [7, 11) is -3.16. The summed E-state index contributed by atoms with van der Waals surface area (Å²) in [4.78, 5) is 0.419. The third-order valence-electron chi connectivity index (χ3n) is 3.09. The van der Waals surface area contributed by atoms with E-state index in [4.69, 9.17) is 0 Å². The van der Waals surface area contributed by atoms with E-state index in [9.17, 15) is 8.42 Å². The zero-order valence-electron chi connectivity index (χ0n) is 11.4. The maximum Gasteiger partial charge on any atom is 0.180 e. The highest BCUT2D eigenvalue weighted by Crippen LogP contribution is 2.23. The van der Waals surface area contributed by atoms with Gasteiger partial charge in [-0.3, -0.25) is 0 Å². The lowest BCUT2D eigenvalue weighted by molar-refractivity contribution is 0.595. The van der Waals surface area contributed by atoms with E-state index in [1.807, 2.05) is 12.1 Å². The van der Waals surface area contributed by atoms with Crippen LogP contribution in [0.5, 0.6) is 0 Å². The summed E-state index contributed by atoms with van der Waals surface area (Å²) in [5.74, 6) is 0.135. The van der Waals surface area contributed by atoms with Gasteiger partial charge in [0, 0.05) is 6.04 Å². The minimum absolute atomic E-state index is 0.135. The molecule has 0 spiro atoms. The Kier molecular flexibility index (Phi) is 5.66. The van der Waals surface area contributed by atoms with E-state index in [-0.39, 0.29) is 5.75 Å². The fourth-order valence-electron chi connectivity index (χ4n) is 1.96. The summed E-state index contributed by atoms with van der Waals surface area (Å²) >= 11 is 0. The number of hydrogen-bond acceptors (Lipinski definition) is 3. The molecule has 0 amide bonds. The summed E-state index contributed by atoms with van der Waals surface area (Å²) in [6.45, 7) is 5.93. The fraction of sp³-hybridized carbons (Fsp3) is 0.571. The summed E-state index contributed by atoms with van der Waals surface area (Å²) < 4.78 is 24.0. The van der Waals surface area contributed by atoms with Gasteiger partial charge in [0.05, 0.1) is 16.3 Å². The molecule has 1 rings (SSSR count). The lowest BCUT2D eigenvalue weighted by Gasteiger charge is -2.19. The highest BCUT2D eigenvalue weighted by Gasteiger charge is 2.17. The summed E-state index contributed by atoms with van der Waals surface area (Å²) in [5, 5.41) is 3.36. The van der Waals surface area contributed by atoms with Crippen LogP contribution in [0.25, 0.3) is 0 Å². The molecule has 102 valence electrons. The summed E-state index contributed by atoms with van der Waals surface area (Å²) in [6.07, 6.45) is 3.14. The molecule has 0 fully saturated rings. The van der Waals surface area contributed by atoms with E-state index in [1.165, 1.54) is 0 Å². The molecule has 0 saturated heterocycles. The third-order valence-corrected chi connectivity index (χ3v) is 4.88. The molecule has 0 aromatic heterocycles. The van der Waals surface area contributed by atoms with Crippen LogP contribution in [-0.2, 0) is 9.84 Å². The average molecular weight is 269 g/mol. The van der Waals surface area contributed by atoms with Crippen molar-refractivity contribution in [1.82, 2.24) is 0 Å². The van der Waals surface area contributed by atoms with Gasteiger partial charge in [-0.15, -0.1) is 0 Å². The van der Waals surface area contributed by atoms with Crippen LogP contribution in [-0.4, -0.2) is 20.2 Å². The van der Waals surface area contributed by atoms with Gasteiger partial charge >= 0.3 is 0 Å². The van der Waals surface area contributed by atoms with E-state index < -0.39 is 9.84 Å². The number of para-hydroxylation sites is 1. The Morgan fingerprint density at radius 2 is 1.83 bits per heavy atom. The van der Waals surface area contributed by atoms with E-state index in [2.05, 4.69) is 19.2 Å². The van der Waals surface area contributed by atoms with Crippen molar-refractivity contribution in [2.45, 2.75) is 51.0 Å². The van der Waals surface area contributed by atoms with Crippen LogP contribution in [0, 0.1) is 0 Å². The molecule has 0 saturated carbocycles. The van der Waals surface area contributed by atoms with Crippen molar-refractivity contribution in [3.63, 3.8) is 0 Å². The molecule has 1 unspecified atom stereocenters. The SMILES string of the molecule is CCCC(CC)Nc1ccccc1S(=O)(=O)CC. The Labute approximate surface area is 111 Å². The van der Waals surface area contributed by atoms with Gasteiger partial charge in [0.1, 0.15) is 0 Å². The van der Waals surface area contributed by atoms with Gasteiger partial charge in [0.15, 0.2) is 9.84 Å². The molecule has 0 heterocycles. The van der Waals surface area contributed by atoms with Crippen molar-refractivity contribution >= 4 is 15.5 Å². The van der Waals surface area contributed by atoms with E-state index >= 15 is 0 Å². The highest BCUT2D eigenvalue weighted by atomic mass is 32.2. The monoisotopic (exact) mass is 269 g/mol. The standard InChI is InChI=1S/C14H23NO2S/c1-4-9-12(5-2)15-13-10-7-8-11-14(13)18(16,17)6-3/h7-8,10-12,15H,4-6,9H2,1-3H3. The number of hydrogen-bond donors (Lipinski definition) is 1. The smallest absolute Gasteiger partial charge is 0.180 e. The second kappa shape index (κ2) is 6.78. The van der Waals surface area contributed by atoms with Crippen molar-refractivity contribution in [1.29, 1.82) is 0 Å². The van der Waals surface area contributed by atoms with Crippen LogP contribution in [0.4, 0.5) is 5.69 Å². The van der Waals surface area contributed by atoms with E-state index in [0.717, 1.165) is 24.9 Å². The first-order chi connectivity index (χ1) is 8.55. The first kappa shape index (κ1) is 15.0. The fourth-order valence-corrected chi connectivity index (χ4v) is 3.02. The molecule has 0 aliphatic carbocycles. The number of sulfone groups is 1. The number of anilines is 1. The van der Waals surface area contributed by atoms with Crippen molar-refractivity contribution < 1.29 is 8.42 Å². The van der Waals surface area contributed by atoms with Gasteiger partial charge in [-0.2, -0.15) is 0 Å². The van der Waals surface area contributed by atoms with Crippen molar-refractivity contribution in [2.24, 2.45) is 0 Å². The largest absolute Gasteiger partial charge is 0.381 e. The van der Waals surface area contributed by atoms with Crippen molar-refractivity contribution in [2.75, 3.05) is 11.1 Å². The molecule has 0 aliphatic heterocycles. The molecular weight excluding hydrogens is 246 g/mol. The quantitative estimate of drug-likeness (QED) is 0.824. The first-order valence-electron chi connectivity index (χ1n) is 6.63. The lowest BCUT2D eigenvalue weighted by atomic mass is 10.1. The zero-order valence-corrected chi connectivity index (χ0v) is 12.3. The molecule has 1 aromatic carbocycles. The van der Waals surface area contributed by atoms with Crippen LogP contribution < -0.4 is 5.32 Å². The normalized spacial score (nSPS) is 13.3. The maximum atomic E-state index is 12.0. The topological polar surface area (TPSA) is 46.2 Å². The number of nitrogens with one attached hydrogen (secondary N) is 1. The molecule has 1 aromatic rings. The van der Waals surface area contributed by atoms with Gasteiger partial charge < -0.3 is 5.32 Å². The maximum absolute atomic E-state index is 12.0. The van der Waals surface area contributed by atoms with Gasteiger partial charge in [0.2, 0.25) is 0 Å². The lowest BCUT2D eigenvalue weighted by Crippen LogP contribution is -2.20. The molecule has 0 radical (unpaired) electrons. The second-order valence-corrected chi connectivity index (χ2v) is 6.68. The van der Waals surface area contributed by atoms with E-state index in [1.54, 1.807) is 19.1 Å². The van der Waals surface area contributed by atoms with Crippen LogP contribution in [0.15, 0.2) is 29.2 Å². The molecule has 0 bridgehead atoms. The predicted octanol–water partition coefficient (Wildman–Crippen LogP) is 3.47. The van der Waals surface area contributed by atoms with E-state index in [0.29, 0.717) is 10.9 Å². The molecule has 18 heavy (non-hydrogen) atoms. The van der Waals surface area contributed by atoms with Crippen LogP contribution in [0.2, 0.25) is 0 Å². The Morgan fingerprint density at radius 1 is 1.17 bits per heavy atom. The Bertz CT molecular complexity index is 468. The molecule has 0 aliphatic rings. The first-order valence-corrected chi connectivity index (χ1v) is 8.28. The minimum atomic E-state index is -3.16. The second-order valence-electron chi connectivity index (χ2n) is 4.44. The third kappa shape index (κ3) is 3.73.